The molecule has 1 aliphatic carbocycles. The maximum absolute atomic E-state index is 13.6. The lowest BCUT2D eigenvalue weighted by Gasteiger charge is -2.41. The molecule has 0 spiro atoms. The number of rotatable bonds is 0. The largest absolute Gasteiger partial charge is 0.244 e. The number of hydrogen-bond donors (Lipinski definition) is 0. The molecule has 1 rings (SSSR count). The second-order valence-corrected chi connectivity index (χ2v) is 4.29. The second-order valence-electron chi connectivity index (χ2n) is 4.29. The maximum atomic E-state index is 13.6. The first-order valence-corrected chi connectivity index (χ1v) is 4.15. The molecule has 60 valence electrons. The fraction of sp³-hybridized carbons (Fsp3) is 1.00. The van der Waals surface area contributed by atoms with Gasteiger partial charge in [-0.2, -0.15) is 0 Å². The molecule has 1 atom stereocenters. The lowest BCUT2D eigenvalue weighted by Crippen LogP contribution is -2.40. The zero-order valence-electron chi connectivity index (χ0n) is 7.21. The zero-order chi connectivity index (χ0) is 7.83. The van der Waals surface area contributed by atoms with Crippen molar-refractivity contribution in [2.45, 2.75) is 52.1 Å². The smallest absolute Gasteiger partial charge is 0.113 e. The van der Waals surface area contributed by atoms with Crippen LogP contribution in [0, 0.1) is 5.41 Å². The summed E-state index contributed by atoms with van der Waals surface area (Å²) < 4.78 is 13.6. The van der Waals surface area contributed by atoms with Crippen LogP contribution < -0.4 is 0 Å². The van der Waals surface area contributed by atoms with Gasteiger partial charge in [0.05, 0.1) is 0 Å². The average Bonchev–Trinajstić information content (AvgIpc) is 1.77. The molecular formula is C9H17F. The highest BCUT2D eigenvalue weighted by Crippen LogP contribution is 2.45. The molecule has 0 saturated heterocycles. The van der Waals surface area contributed by atoms with E-state index >= 15 is 0 Å². The van der Waals surface area contributed by atoms with Crippen molar-refractivity contribution in [3.63, 3.8) is 0 Å². The van der Waals surface area contributed by atoms with Crippen molar-refractivity contribution in [1.82, 2.24) is 0 Å². The highest BCUT2D eigenvalue weighted by molar-refractivity contribution is 4.93. The van der Waals surface area contributed by atoms with E-state index in [0.29, 0.717) is 0 Å². The molecular weight excluding hydrogens is 127 g/mol. The minimum atomic E-state index is -0.925. The van der Waals surface area contributed by atoms with Gasteiger partial charge in [-0.1, -0.05) is 26.7 Å². The summed E-state index contributed by atoms with van der Waals surface area (Å²) in [5.74, 6) is 0. The van der Waals surface area contributed by atoms with Crippen molar-refractivity contribution in [2.24, 2.45) is 5.41 Å². The molecule has 0 N–H and O–H groups in total. The molecule has 1 aliphatic rings. The van der Waals surface area contributed by atoms with Crippen molar-refractivity contribution in [1.29, 1.82) is 0 Å². The first kappa shape index (κ1) is 8.03. The summed E-state index contributed by atoms with van der Waals surface area (Å²) >= 11 is 0. The lowest BCUT2D eigenvalue weighted by atomic mass is 9.68. The van der Waals surface area contributed by atoms with Gasteiger partial charge in [-0.3, -0.25) is 0 Å². The molecule has 0 aliphatic heterocycles. The molecule has 0 bridgehead atoms. The van der Waals surface area contributed by atoms with Crippen molar-refractivity contribution in [2.75, 3.05) is 0 Å². The first-order valence-electron chi connectivity index (χ1n) is 4.15. The number of alkyl halides is 1. The average molecular weight is 144 g/mol. The summed E-state index contributed by atoms with van der Waals surface area (Å²) in [6, 6.07) is 0. The van der Waals surface area contributed by atoms with Gasteiger partial charge in [0.2, 0.25) is 0 Å². The van der Waals surface area contributed by atoms with E-state index in [-0.39, 0.29) is 5.41 Å². The Morgan fingerprint density at radius 2 is 1.50 bits per heavy atom. The van der Waals surface area contributed by atoms with Crippen LogP contribution in [0.4, 0.5) is 4.39 Å². The van der Waals surface area contributed by atoms with E-state index in [1.807, 2.05) is 13.8 Å². The standard InChI is InChI=1S/C9H17F/c1-8(2)6-4-5-7-9(8,3)10/h4-7H2,1-3H3. The molecule has 1 heteroatoms. The van der Waals surface area contributed by atoms with Gasteiger partial charge in [0, 0.05) is 0 Å². The van der Waals surface area contributed by atoms with Gasteiger partial charge in [0.1, 0.15) is 5.67 Å². The van der Waals surface area contributed by atoms with E-state index < -0.39 is 5.67 Å². The Morgan fingerprint density at radius 3 is 1.80 bits per heavy atom. The Hall–Kier alpha value is -0.0700. The molecule has 1 unspecified atom stereocenters. The van der Waals surface area contributed by atoms with E-state index in [1.165, 1.54) is 6.42 Å². The summed E-state index contributed by atoms with van der Waals surface area (Å²) in [6.07, 6.45) is 4.06. The fourth-order valence-corrected chi connectivity index (χ4v) is 1.62. The third-order valence-corrected chi connectivity index (χ3v) is 3.11. The topological polar surface area (TPSA) is 0 Å². The third-order valence-electron chi connectivity index (χ3n) is 3.11. The van der Waals surface area contributed by atoms with Gasteiger partial charge >= 0.3 is 0 Å². The molecule has 10 heavy (non-hydrogen) atoms. The summed E-state index contributed by atoms with van der Waals surface area (Å²) in [5, 5.41) is 0. The van der Waals surface area contributed by atoms with Gasteiger partial charge in [0.25, 0.3) is 0 Å². The van der Waals surface area contributed by atoms with Gasteiger partial charge in [-0.05, 0) is 25.2 Å². The normalized spacial score (nSPS) is 39.6. The Bertz CT molecular complexity index is 109. The lowest BCUT2D eigenvalue weighted by molar-refractivity contribution is -0.00712. The van der Waals surface area contributed by atoms with Crippen LogP contribution in [-0.2, 0) is 0 Å². The third kappa shape index (κ3) is 1.18. The van der Waals surface area contributed by atoms with Crippen LogP contribution in [0.2, 0.25) is 0 Å². The Kier molecular flexibility index (Phi) is 1.78. The molecule has 1 fully saturated rings. The van der Waals surface area contributed by atoms with Crippen LogP contribution in [0.3, 0.4) is 0 Å². The summed E-state index contributed by atoms with van der Waals surface area (Å²) in [4.78, 5) is 0. The minimum Gasteiger partial charge on any atom is -0.244 e. The van der Waals surface area contributed by atoms with E-state index in [9.17, 15) is 4.39 Å². The minimum absolute atomic E-state index is 0.0920. The summed E-state index contributed by atoms with van der Waals surface area (Å²) in [7, 11) is 0. The van der Waals surface area contributed by atoms with Gasteiger partial charge in [0.15, 0.2) is 0 Å². The molecule has 0 nitrogen and oxygen atoms in total. The van der Waals surface area contributed by atoms with Crippen LogP contribution in [0.1, 0.15) is 46.5 Å². The first-order chi connectivity index (χ1) is 4.46. The van der Waals surface area contributed by atoms with Crippen molar-refractivity contribution in [3.8, 4) is 0 Å². The van der Waals surface area contributed by atoms with Gasteiger partial charge < -0.3 is 0 Å². The van der Waals surface area contributed by atoms with Crippen molar-refractivity contribution < 1.29 is 4.39 Å². The molecule has 0 aromatic carbocycles. The number of hydrogen-bond acceptors (Lipinski definition) is 0. The Morgan fingerprint density at radius 1 is 1.00 bits per heavy atom. The Balaban J connectivity index is 2.70. The van der Waals surface area contributed by atoms with Crippen LogP contribution >= 0.6 is 0 Å². The highest BCUT2D eigenvalue weighted by Gasteiger charge is 2.42. The fourth-order valence-electron chi connectivity index (χ4n) is 1.62. The van der Waals surface area contributed by atoms with Crippen molar-refractivity contribution >= 4 is 0 Å². The predicted octanol–water partition coefficient (Wildman–Crippen LogP) is 3.31. The van der Waals surface area contributed by atoms with Crippen LogP contribution in [0.5, 0.6) is 0 Å². The molecule has 0 amide bonds. The SMILES string of the molecule is CC1(C)CCCCC1(C)F. The van der Waals surface area contributed by atoms with E-state index in [4.69, 9.17) is 0 Å². The predicted molar refractivity (Wildman–Crippen MR) is 41.8 cm³/mol. The monoisotopic (exact) mass is 144 g/mol. The van der Waals surface area contributed by atoms with Gasteiger partial charge in [-0.15, -0.1) is 0 Å². The molecule has 0 radical (unpaired) electrons. The molecule has 0 heterocycles. The van der Waals surface area contributed by atoms with Crippen LogP contribution in [0.15, 0.2) is 0 Å². The summed E-state index contributed by atoms with van der Waals surface area (Å²) in [6.45, 7) is 5.81. The van der Waals surface area contributed by atoms with E-state index in [1.54, 1.807) is 6.92 Å². The van der Waals surface area contributed by atoms with Crippen LogP contribution in [0.25, 0.3) is 0 Å². The molecule has 1 saturated carbocycles. The van der Waals surface area contributed by atoms with Gasteiger partial charge in [-0.25, -0.2) is 4.39 Å². The summed E-state index contributed by atoms with van der Waals surface area (Å²) in [5.41, 5.74) is -1.02. The van der Waals surface area contributed by atoms with E-state index in [0.717, 1.165) is 19.3 Å². The number of halogens is 1. The second kappa shape index (κ2) is 2.21. The Labute approximate surface area is 62.8 Å². The van der Waals surface area contributed by atoms with E-state index in [2.05, 4.69) is 0 Å². The zero-order valence-corrected chi connectivity index (χ0v) is 7.21. The molecule has 0 aromatic heterocycles. The maximum Gasteiger partial charge on any atom is 0.113 e. The van der Waals surface area contributed by atoms with Crippen LogP contribution in [-0.4, -0.2) is 5.67 Å². The quantitative estimate of drug-likeness (QED) is 0.489. The molecule has 0 aromatic rings. The van der Waals surface area contributed by atoms with Crippen molar-refractivity contribution in [3.05, 3.63) is 0 Å². The highest BCUT2D eigenvalue weighted by atomic mass is 19.1.